The lowest BCUT2D eigenvalue weighted by Crippen LogP contribution is -2.37. The lowest BCUT2D eigenvalue weighted by atomic mass is 10.2. The van der Waals surface area contributed by atoms with Gasteiger partial charge in [0.2, 0.25) is 0 Å². The van der Waals surface area contributed by atoms with Crippen LogP contribution in [0.3, 0.4) is 0 Å². The molecule has 1 amide bonds. The van der Waals surface area contributed by atoms with Gasteiger partial charge in [0.15, 0.2) is 0 Å². The van der Waals surface area contributed by atoms with Crippen LogP contribution in [-0.2, 0) is 4.74 Å². The van der Waals surface area contributed by atoms with Crippen LogP contribution in [0.25, 0.3) is 0 Å². The highest BCUT2D eigenvalue weighted by Crippen LogP contribution is 2.14. The molecule has 1 atom stereocenters. The standard InChI is InChI=1S/C12H19N3O2/c1-3-15(8-10-5-4-6-17-10)12(16)11-7-9(2)13-14-11/h7,10H,3-6,8H2,1-2H3,(H,13,14). The number of carbonyl (C=O) groups excluding carboxylic acids is 1. The summed E-state index contributed by atoms with van der Waals surface area (Å²) in [5, 5.41) is 6.80. The maximum Gasteiger partial charge on any atom is 0.274 e. The van der Waals surface area contributed by atoms with E-state index in [0.29, 0.717) is 18.8 Å². The molecule has 0 radical (unpaired) electrons. The molecule has 1 aliphatic heterocycles. The Kier molecular flexibility index (Phi) is 3.78. The average Bonchev–Trinajstić information content (AvgIpc) is 2.96. The van der Waals surface area contributed by atoms with Gasteiger partial charge in [0.1, 0.15) is 5.69 Å². The Morgan fingerprint density at radius 2 is 2.53 bits per heavy atom. The zero-order valence-corrected chi connectivity index (χ0v) is 10.4. The monoisotopic (exact) mass is 237 g/mol. The van der Waals surface area contributed by atoms with Crippen LogP contribution in [0.5, 0.6) is 0 Å². The largest absolute Gasteiger partial charge is 0.376 e. The molecular formula is C12H19N3O2. The van der Waals surface area contributed by atoms with Crippen LogP contribution < -0.4 is 0 Å². The number of aromatic amines is 1. The van der Waals surface area contributed by atoms with E-state index < -0.39 is 0 Å². The van der Waals surface area contributed by atoms with Gasteiger partial charge in [0.25, 0.3) is 5.91 Å². The third kappa shape index (κ3) is 2.85. The summed E-state index contributed by atoms with van der Waals surface area (Å²) in [7, 11) is 0. The molecule has 1 saturated heterocycles. The number of nitrogens with zero attached hydrogens (tertiary/aromatic N) is 2. The summed E-state index contributed by atoms with van der Waals surface area (Å²) in [6, 6.07) is 1.78. The molecule has 0 spiro atoms. The Bertz CT molecular complexity index is 383. The molecule has 1 aromatic heterocycles. The van der Waals surface area contributed by atoms with Crippen LogP contribution in [0.2, 0.25) is 0 Å². The second kappa shape index (κ2) is 5.31. The second-order valence-corrected chi connectivity index (χ2v) is 4.42. The van der Waals surface area contributed by atoms with E-state index in [9.17, 15) is 4.79 Å². The second-order valence-electron chi connectivity index (χ2n) is 4.42. The van der Waals surface area contributed by atoms with E-state index in [4.69, 9.17) is 4.74 Å². The van der Waals surface area contributed by atoms with Crippen molar-refractivity contribution >= 4 is 5.91 Å². The predicted octanol–water partition coefficient (Wildman–Crippen LogP) is 1.36. The number of hydrogen-bond donors (Lipinski definition) is 1. The number of likely N-dealkylation sites (N-methyl/N-ethyl adjacent to an activating group) is 1. The van der Waals surface area contributed by atoms with Crippen molar-refractivity contribution in [2.45, 2.75) is 32.8 Å². The minimum atomic E-state index is -0.0210. The lowest BCUT2D eigenvalue weighted by Gasteiger charge is -2.23. The van der Waals surface area contributed by atoms with Crippen molar-refractivity contribution < 1.29 is 9.53 Å². The van der Waals surface area contributed by atoms with E-state index in [-0.39, 0.29) is 12.0 Å². The Hall–Kier alpha value is -1.36. The number of aromatic nitrogens is 2. The first-order valence-corrected chi connectivity index (χ1v) is 6.13. The van der Waals surface area contributed by atoms with Gasteiger partial charge in [0.05, 0.1) is 6.10 Å². The molecule has 5 nitrogen and oxygen atoms in total. The van der Waals surface area contributed by atoms with Gasteiger partial charge < -0.3 is 9.64 Å². The zero-order chi connectivity index (χ0) is 12.3. The summed E-state index contributed by atoms with van der Waals surface area (Å²) in [6.07, 6.45) is 2.33. The van der Waals surface area contributed by atoms with Gasteiger partial charge in [-0.2, -0.15) is 5.10 Å². The number of nitrogens with one attached hydrogen (secondary N) is 1. The van der Waals surface area contributed by atoms with Crippen molar-refractivity contribution in [2.24, 2.45) is 0 Å². The van der Waals surface area contributed by atoms with Crippen molar-refractivity contribution in [3.8, 4) is 0 Å². The number of aryl methyl sites for hydroxylation is 1. The van der Waals surface area contributed by atoms with Crippen molar-refractivity contribution in [3.05, 3.63) is 17.5 Å². The Morgan fingerprint density at radius 1 is 1.71 bits per heavy atom. The van der Waals surface area contributed by atoms with Crippen LogP contribution in [0, 0.1) is 6.92 Å². The van der Waals surface area contributed by atoms with Crippen LogP contribution in [0.1, 0.15) is 35.9 Å². The minimum Gasteiger partial charge on any atom is -0.376 e. The maximum atomic E-state index is 12.2. The predicted molar refractivity (Wildman–Crippen MR) is 63.9 cm³/mol. The SMILES string of the molecule is CCN(CC1CCCO1)C(=O)c1cc(C)[nH]n1. The van der Waals surface area contributed by atoms with Crippen molar-refractivity contribution in [2.75, 3.05) is 19.7 Å². The zero-order valence-electron chi connectivity index (χ0n) is 10.4. The number of ether oxygens (including phenoxy) is 1. The fraction of sp³-hybridized carbons (Fsp3) is 0.667. The Balaban J connectivity index is 1.99. The van der Waals surface area contributed by atoms with Gasteiger partial charge in [-0.3, -0.25) is 9.89 Å². The lowest BCUT2D eigenvalue weighted by molar-refractivity contribution is 0.0535. The molecule has 1 unspecified atom stereocenters. The summed E-state index contributed by atoms with van der Waals surface area (Å²) in [5.41, 5.74) is 1.39. The van der Waals surface area contributed by atoms with Crippen molar-refractivity contribution in [3.63, 3.8) is 0 Å². The molecule has 0 bridgehead atoms. The molecule has 1 N–H and O–H groups in total. The Labute approximate surface area is 101 Å². The quantitative estimate of drug-likeness (QED) is 0.860. The molecule has 2 rings (SSSR count). The van der Waals surface area contributed by atoms with E-state index in [1.807, 2.05) is 13.8 Å². The summed E-state index contributed by atoms with van der Waals surface area (Å²) in [4.78, 5) is 14.0. The summed E-state index contributed by atoms with van der Waals surface area (Å²) >= 11 is 0. The molecule has 1 aliphatic rings. The molecule has 17 heavy (non-hydrogen) atoms. The van der Waals surface area contributed by atoms with E-state index in [1.165, 1.54) is 0 Å². The Morgan fingerprint density at radius 3 is 3.06 bits per heavy atom. The van der Waals surface area contributed by atoms with Crippen LogP contribution >= 0.6 is 0 Å². The third-order valence-corrected chi connectivity index (χ3v) is 3.04. The molecule has 2 heterocycles. The first kappa shape index (κ1) is 12.1. The maximum absolute atomic E-state index is 12.2. The molecule has 0 saturated carbocycles. The van der Waals surface area contributed by atoms with Gasteiger partial charge in [-0.05, 0) is 32.8 Å². The number of carbonyl (C=O) groups is 1. The first-order chi connectivity index (χ1) is 8.20. The summed E-state index contributed by atoms with van der Waals surface area (Å²) < 4.78 is 5.55. The molecule has 94 valence electrons. The van der Waals surface area contributed by atoms with Gasteiger partial charge in [-0.25, -0.2) is 0 Å². The van der Waals surface area contributed by atoms with E-state index >= 15 is 0 Å². The number of rotatable bonds is 4. The van der Waals surface area contributed by atoms with Crippen molar-refractivity contribution in [1.82, 2.24) is 15.1 Å². The molecule has 0 aromatic carbocycles. The van der Waals surface area contributed by atoms with Crippen molar-refractivity contribution in [1.29, 1.82) is 0 Å². The highest BCUT2D eigenvalue weighted by atomic mass is 16.5. The highest BCUT2D eigenvalue weighted by Gasteiger charge is 2.23. The smallest absolute Gasteiger partial charge is 0.274 e. The fourth-order valence-electron chi connectivity index (χ4n) is 2.08. The highest BCUT2D eigenvalue weighted by molar-refractivity contribution is 5.92. The van der Waals surface area contributed by atoms with Crippen LogP contribution in [0.4, 0.5) is 0 Å². The van der Waals surface area contributed by atoms with Gasteiger partial charge in [-0.15, -0.1) is 0 Å². The number of amides is 1. The summed E-state index contributed by atoms with van der Waals surface area (Å²) in [6.45, 7) is 6.04. The van der Waals surface area contributed by atoms with E-state index in [1.54, 1.807) is 11.0 Å². The average molecular weight is 237 g/mol. The van der Waals surface area contributed by atoms with Crippen LogP contribution in [0.15, 0.2) is 6.07 Å². The van der Waals surface area contributed by atoms with Gasteiger partial charge in [-0.1, -0.05) is 0 Å². The third-order valence-electron chi connectivity index (χ3n) is 3.04. The summed E-state index contributed by atoms with van der Waals surface area (Å²) in [5.74, 6) is -0.0210. The minimum absolute atomic E-state index is 0.0210. The molecule has 1 fully saturated rings. The van der Waals surface area contributed by atoms with E-state index in [2.05, 4.69) is 10.2 Å². The first-order valence-electron chi connectivity index (χ1n) is 6.13. The van der Waals surface area contributed by atoms with Gasteiger partial charge >= 0.3 is 0 Å². The van der Waals surface area contributed by atoms with E-state index in [0.717, 1.165) is 25.1 Å². The topological polar surface area (TPSA) is 58.2 Å². The van der Waals surface area contributed by atoms with Crippen LogP contribution in [-0.4, -0.2) is 46.8 Å². The number of H-pyrrole nitrogens is 1. The van der Waals surface area contributed by atoms with Gasteiger partial charge in [0, 0.05) is 25.4 Å². The number of hydrogen-bond acceptors (Lipinski definition) is 3. The normalized spacial score (nSPS) is 19.5. The molecule has 1 aromatic rings. The fourth-order valence-corrected chi connectivity index (χ4v) is 2.08. The molecular weight excluding hydrogens is 218 g/mol. The molecule has 0 aliphatic carbocycles. The molecule has 5 heteroatoms.